The number of amides is 1. The zero-order chi connectivity index (χ0) is 13.7. The molecule has 94 valence electrons. The Bertz CT molecular complexity index is 523. The molecule has 0 unspecified atom stereocenters. The van der Waals surface area contributed by atoms with Gasteiger partial charge in [-0.05, 0) is 34.1 Å². The fourth-order valence-corrected chi connectivity index (χ4v) is 1.97. The molecule has 5 nitrogen and oxygen atoms in total. The molecule has 0 atom stereocenters. The summed E-state index contributed by atoms with van der Waals surface area (Å²) in [6.07, 6.45) is 5.19. The molecule has 1 aromatic rings. The van der Waals surface area contributed by atoms with Gasteiger partial charge in [0.1, 0.15) is 6.54 Å². The highest BCUT2D eigenvalue weighted by atomic mass is 79.9. The van der Waals surface area contributed by atoms with Gasteiger partial charge >= 0.3 is 5.97 Å². The van der Waals surface area contributed by atoms with Crippen molar-refractivity contribution in [2.24, 2.45) is 5.73 Å². The molecule has 1 rings (SSSR count). The van der Waals surface area contributed by atoms with Gasteiger partial charge in [-0.3, -0.25) is 9.59 Å². The van der Waals surface area contributed by atoms with Crippen LogP contribution in [0.3, 0.4) is 0 Å². The maximum atomic E-state index is 11.1. The van der Waals surface area contributed by atoms with Crippen molar-refractivity contribution < 1.29 is 14.7 Å². The van der Waals surface area contributed by atoms with Crippen molar-refractivity contribution in [1.29, 1.82) is 0 Å². The third-order valence-corrected chi connectivity index (χ3v) is 2.85. The van der Waals surface area contributed by atoms with Crippen molar-refractivity contribution in [3.8, 4) is 12.3 Å². The maximum Gasteiger partial charge on any atom is 0.323 e. The van der Waals surface area contributed by atoms with E-state index in [-0.39, 0.29) is 13.1 Å². The van der Waals surface area contributed by atoms with Crippen LogP contribution >= 0.6 is 15.9 Å². The minimum Gasteiger partial charge on any atom is -0.480 e. The average molecular weight is 311 g/mol. The summed E-state index contributed by atoms with van der Waals surface area (Å²) < 4.78 is 0.500. The van der Waals surface area contributed by atoms with Crippen LogP contribution in [-0.4, -0.2) is 30.1 Å². The summed E-state index contributed by atoms with van der Waals surface area (Å²) in [5.41, 5.74) is 6.10. The Morgan fingerprint density at radius 2 is 2.17 bits per heavy atom. The van der Waals surface area contributed by atoms with Crippen LogP contribution in [0.1, 0.15) is 10.4 Å². The molecule has 0 aliphatic rings. The number of nitrogens with zero attached hydrogens (tertiary/aromatic N) is 1. The van der Waals surface area contributed by atoms with Crippen molar-refractivity contribution in [3.63, 3.8) is 0 Å². The molecule has 0 heterocycles. The van der Waals surface area contributed by atoms with Crippen LogP contribution in [0, 0.1) is 12.3 Å². The van der Waals surface area contributed by atoms with Gasteiger partial charge in [-0.25, -0.2) is 0 Å². The molecular weight excluding hydrogens is 300 g/mol. The number of rotatable bonds is 5. The average Bonchev–Trinajstić information content (AvgIpc) is 2.27. The predicted octanol–water partition coefficient (Wildman–Crippen LogP) is 1.07. The Labute approximate surface area is 113 Å². The number of hydrogen-bond donors (Lipinski definition) is 2. The lowest BCUT2D eigenvalue weighted by Gasteiger charge is -2.20. The van der Waals surface area contributed by atoms with E-state index in [9.17, 15) is 9.59 Å². The molecule has 18 heavy (non-hydrogen) atoms. The Morgan fingerprint density at radius 3 is 2.61 bits per heavy atom. The fourth-order valence-electron chi connectivity index (χ4n) is 1.41. The van der Waals surface area contributed by atoms with Crippen molar-refractivity contribution in [2.75, 3.05) is 18.0 Å². The third-order valence-electron chi connectivity index (χ3n) is 2.19. The lowest BCUT2D eigenvalue weighted by molar-refractivity contribution is -0.135. The molecule has 0 fully saturated rings. The first kappa shape index (κ1) is 14.1. The molecule has 0 saturated heterocycles. The van der Waals surface area contributed by atoms with Crippen LogP contribution in [0.25, 0.3) is 0 Å². The second kappa shape index (κ2) is 6.07. The first-order chi connectivity index (χ1) is 8.45. The number of anilines is 1. The molecular formula is C12H11BrN2O3. The molecule has 0 aromatic heterocycles. The lowest BCUT2D eigenvalue weighted by Crippen LogP contribution is -2.30. The van der Waals surface area contributed by atoms with Crippen LogP contribution < -0.4 is 10.6 Å². The van der Waals surface area contributed by atoms with E-state index in [1.807, 2.05) is 0 Å². The van der Waals surface area contributed by atoms with Gasteiger partial charge in [0, 0.05) is 10.2 Å². The molecule has 0 aliphatic heterocycles. The topological polar surface area (TPSA) is 83.6 Å². The molecule has 0 radical (unpaired) electrons. The zero-order valence-corrected chi connectivity index (χ0v) is 11.0. The van der Waals surface area contributed by atoms with Crippen molar-refractivity contribution in [3.05, 3.63) is 28.2 Å². The smallest absolute Gasteiger partial charge is 0.323 e. The minimum absolute atomic E-state index is 0.161. The number of aliphatic carboxylic acids is 1. The first-order valence-electron chi connectivity index (χ1n) is 4.95. The number of benzene rings is 1. The Balaban J connectivity index is 3.07. The quantitative estimate of drug-likeness (QED) is 0.797. The number of hydrogen-bond acceptors (Lipinski definition) is 3. The Morgan fingerprint density at radius 1 is 1.50 bits per heavy atom. The van der Waals surface area contributed by atoms with Crippen LogP contribution in [0.5, 0.6) is 0 Å². The number of carboxylic acid groups (broad SMARTS) is 1. The van der Waals surface area contributed by atoms with E-state index in [0.29, 0.717) is 15.7 Å². The Hall–Kier alpha value is -2.00. The van der Waals surface area contributed by atoms with E-state index in [4.69, 9.17) is 17.3 Å². The molecule has 6 heteroatoms. The monoisotopic (exact) mass is 310 g/mol. The minimum atomic E-state index is -0.986. The predicted molar refractivity (Wildman–Crippen MR) is 71.3 cm³/mol. The van der Waals surface area contributed by atoms with E-state index < -0.39 is 11.9 Å². The molecule has 0 saturated carbocycles. The van der Waals surface area contributed by atoms with Gasteiger partial charge in [0.25, 0.3) is 0 Å². The first-order valence-corrected chi connectivity index (χ1v) is 5.74. The number of primary amides is 1. The van der Waals surface area contributed by atoms with E-state index >= 15 is 0 Å². The highest BCUT2D eigenvalue weighted by molar-refractivity contribution is 9.10. The number of carbonyl (C=O) groups excluding carboxylic acids is 1. The van der Waals surface area contributed by atoms with Crippen LogP contribution in [0.15, 0.2) is 22.7 Å². The fraction of sp³-hybridized carbons (Fsp3) is 0.167. The zero-order valence-electron chi connectivity index (χ0n) is 9.39. The number of terminal acetylenes is 1. The number of halogens is 1. The highest BCUT2D eigenvalue weighted by Crippen LogP contribution is 2.23. The van der Waals surface area contributed by atoms with Crippen LogP contribution in [0.2, 0.25) is 0 Å². The van der Waals surface area contributed by atoms with Gasteiger partial charge in [-0.15, -0.1) is 6.42 Å². The van der Waals surface area contributed by atoms with Gasteiger partial charge in [-0.1, -0.05) is 5.92 Å². The van der Waals surface area contributed by atoms with Gasteiger partial charge in [0.2, 0.25) is 5.91 Å². The van der Waals surface area contributed by atoms with E-state index in [2.05, 4.69) is 21.9 Å². The standard InChI is InChI=1S/C12H11BrN2O3/c1-2-5-15(7-11(16)17)8-3-4-9(12(14)18)10(13)6-8/h1,3-4,6H,5,7H2,(H2,14,18)(H,16,17). The van der Waals surface area contributed by atoms with Crippen LogP contribution in [-0.2, 0) is 4.79 Å². The molecule has 0 aliphatic carbocycles. The molecule has 0 spiro atoms. The highest BCUT2D eigenvalue weighted by Gasteiger charge is 2.13. The summed E-state index contributed by atoms with van der Waals surface area (Å²) in [7, 11) is 0. The van der Waals surface area contributed by atoms with E-state index in [1.165, 1.54) is 11.0 Å². The summed E-state index contributed by atoms with van der Waals surface area (Å²) >= 11 is 3.21. The Kier molecular flexibility index (Phi) is 4.75. The molecule has 1 amide bonds. The summed E-state index contributed by atoms with van der Waals surface area (Å²) in [6.45, 7) is -0.0543. The number of carboxylic acids is 1. The van der Waals surface area contributed by atoms with Crippen molar-refractivity contribution in [1.82, 2.24) is 0 Å². The van der Waals surface area contributed by atoms with Crippen molar-refractivity contribution >= 4 is 33.5 Å². The van der Waals surface area contributed by atoms with Gasteiger partial charge in [0.05, 0.1) is 12.1 Å². The van der Waals surface area contributed by atoms with Crippen LogP contribution in [0.4, 0.5) is 5.69 Å². The van der Waals surface area contributed by atoms with Crippen molar-refractivity contribution in [2.45, 2.75) is 0 Å². The van der Waals surface area contributed by atoms with Gasteiger partial charge in [0.15, 0.2) is 0 Å². The number of nitrogens with two attached hydrogens (primary N) is 1. The second-order valence-electron chi connectivity index (χ2n) is 3.48. The van der Waals surface area contributed by atoms with E-state index in [0.717, 1.165) is 0 Å². The summed E-state index contributed by atoms with van der Waals surface area (Å²) in [6, 6.07) is 4.73. The molecule has 3 N–H and O–H groups in total. The van der Waals surface area contributed by atoms with E-state index in [1.54, 1.807) is 12.1 Å². The summed E-state index contributed by atoms with van der Waals surface area (Å²) in [5.74, 6) is 0.838. The van der Waals surface area contributed by atoms with Gasteiger partial charge in [-0.2, -0.15) is 0 Å². The molecule has 1 aromatic carbocycles. The summed E-state index contributed by atoms with van der Waals surface area (Å²) in [5, 5.41) is 8.79. The third kappa shape index (κ3) is 3.50. The maximum absolute atomic E-state index is 11.1. The molecule has 0 bridgehead atoms. The second-order valence-corrected chi connectivity index (χ2v) is 4.34. The summed E-state index contributed by atoms with van der Waals surface area (Å²) in [4.78, 5) is 23.3. The number of carbonyl (C=O) groups is 2. The normalized spacial score (nSPS) is 9.56. The largest absolute Gasteiger partial charge is 0.480 e. The SMILES string of the molecule is C#CCN(CC(=O)O)c1ccc(C(N)=O)c(Br)c1. The van der Waals surface area contributed by atoms with Gasteiger partial charge < -0.3 is 15.7 Å². The lowest BCUT2D eigenvalue weighted by atomic mass is 10.2.